The van der Waals surface area contributed by atoms with Crippen LogP contribution in [0.1, 0.15) is 32.2 Å². The van der Waals surface area contributed by atoms with Crippen molar-refractivity contribution >= 4 is 51.5 Å². The molecular formula is C15H23IN4S. The Balaban J connectivity index is 0.00000220. The Morgan fingerprint density at radius 1 is 1.33 bits per heavy atom. The van der Waals surface area contributed by atoms with Gasteiger partial charge in [0.25, 0.3) is 0 Å². The quantitative estimate of drug-likeness (QED) is 0.346. The van der Waals surface area contributed by atoms with Crippen LogP contribution in [-0.4, -0.2) is 23.0 Å². The van der Waals surface area contributed by atoms with E-state index in [-0.39, 0.29) is 29.5 Å². The maximum Gasteiger partial charge on any atom is 0.188 e. The van der Waals surface area contributed by atoms with Crippen molar-refractivity contribution in [3.8, 4) is 0 Å². The molecule has 2 aromatic rings. The number of hydrogen-bond acceptors (Lipinski definition) is 3. The molecule has 1 aromatic heterocycles. The summed E-state index contributed by atoms with van der Waals surface area (Å²) in [6, 6.07) is 8.24. The smallest absolute Gasteiger partial charge is 0.188 e. The third-order valence-electron chi connectivity index (χ3n) is 2.67. The number of para-hydroxylation sites is 1. The van der Waals surface area contributed by atoms with E-state index in [1.165, 1.54) is 9.71 Å². The van der Waals surface area contributed by atoms with Crippen LogP contribution in [-0.2, 0) is 6.42 Å². The van der Waals surface area contributed by atoms with Crippen LogP contribution in [0.5, 0.6) is 0 Å². The SMILES string of the molecule is CC(C)(C)NC(N)=NCCCc1nc2ccccc2s1.I. The van der Waals surface area contributed by atoms with Crippen molar-refractivity contribution < 1.29 is 0 Å². The number of benzene rings is 1. The second-order valence-corrected chi connectivity index (χ2v) is 6.94. The Hall–Kier alpha value is -0.890. The lowest BCUT2D eigenvalue weighted by Crippen LogP contribution is -2.45. The van der Waals surface area contributed by atoms with E-state index >= 15 is 0 Å². The third kappa shape index (κ3) is 6.17. The van der Waals surface area contributed by atoms with Gasteiger partial charge in [0.1, 0.15) is 0 Å². The molecule has 0 bridgehead atoms. The topological polar surface area (TPSA) is 63.3 Å². The van der Waals surface area contributed by atoms with Gasteiger partial charge in [-0.3, -0.25) is 4.99 Å². The number of aliphatic imine (C=N–C) groups is 1. The zero-order valence-electron chi connectivity index (χ0n) is 12.7. The van der Waals surface area contributed by atoms with Crippen LogP contribution in [0.3, 0.4) is 0 Å². The highest BCUT2D eigenvalue weighted by atomic mass is 127. The molecule has 4 nitrogen and oxygen atoms in total. The van der Waals surface area contributed by atoms with Gasteiger partial charge in [0.2, 0.25) is 0 Å². The Morgan fingerprint density at radius 3 is 2.71 bits per heavy atom. The molecule has 1 aromatic carbocycles. The fourth-order valence-electron chi connectivity index (χ4n) is 1.88. The summed E-state index contributed by atoms with van der Waals surface area (Å²) >= 11 is 1.76. The first kappa shape index (κ1) is 18.2. The van der Waals surface area contributed by atoms with Crippen molar-refractivity contribution in [2.45, 2.75) is 39.2 Å². The largest absolute Gasteiger partial charge is 0.370 e. The zero-order valence-corrected chi connectivity index (χ0v) is 15.9. The minimum atomic E-state index is -0.0411. The van der Waals surface area contributed by atoms with E-state index in [9.17, 15) is 0 Å². The molecule has 0 aliphatic heterocycles. The molecule has 21 heavy (non-hydrogen) atoms. The predicted molar refractivity (Wildman–Crippen MR) is 103 cm³/mol. The number of thiazole rings is 1. The molecule has 0 unspecified atom stereocenters. The van der Waals surface area contributed by atoms with Crippen LogP contribution in [0.15, 0.2) is 29.3 Å². The molecule has 1 heterocycles. The van der Waals surface area contributed by atoms with Crippen LogP contribution >= 0.6 is 35.3 Å². The van der Waals surface area contributed by atoms with Gasteiger partial charge >= 0.3 is 0 Å². The fraction of sp³-hybridized carbons (Fsp3) is 0.467. The summed E-state index contributed by atoms with van der Waals surface area (Å²) < 4.78 is 1.25. The van der Waals surface area contributed by atoms with Crippen molar-refractivity contribution in [2.75, 3.05) is 6.54 Å². The Morgan fingerprint density at radius 2 is 2.05 bits per heavy atom. The highest BCUT2D eigenvalue weighted by molar-refractivity contribution is 14.0. The first-order chi connectivity index (χ1) is 9.44. The average molecular weight is 418 g/mol. The van der Waals surface area contributed by atoms with Crippen molar-refractivity contribution in [3.63, 3.8) is 0 Å². The monoisotopic (exact) mass is 418 g/mol. The Bertz CT molecular complexity index is 568. The van der Waals surface area contributed by atoms with E-state index in [1.54, 1.807) is 11.3 Å². The standard InChI is InChI=1S/C15H22N4S.HI/c1-15(2,3)19-14(16)17-10-6-9-13-18-11-7-4-5-8-12(11)20-13;/h4-5,7-8H,6,9-10H2,1-3H3,(H3,16,17,19);1H. The molecular weight excluding hydrogens is 395 g/mol. The summed E-state index contributed by atoms with van der Waals surface area (Å²) in [5, 5.41) is 4.32. The molecule has 3 N–H and O–H groups in total. The summed E-state index contributed by atoms with van der Waals surface area (Å²) in [7, 11) is 0. The van der Waals surface area contributed by atoms with Gasteiger partial charge in [0.15, 0.2) is 5.96 Å². The Labute approximate surface area is 147 Å². The summed E-state index contributed by atoms with van der Waals surface area (Å²) in [6.45, 7) is 6.92. The fourth-order valence-corrected chi connectivity index (χ4v) is 2.89. The van der Waals surface area contributed by atoms with Gasteiger partial charge in [-0.2, -0.15) is 0 Å². The number of aromatic nitrogens is 1. The van der Waals surface area contributed by atoms with Crippen LogP contribution in [0.2, 0.25) is 0 Å². The molecule has 0 saturated heterocycles. The second-order valence-electron chi connectivity index (χ2n) is 5.82. The van der Waals surface area contributed by atoms with E-state index in [4.69, 9.17) is 5.73 Å². The van der Waals surface area contributed by atoms with Crippen molar-refractivity contribution in [1.82, 2.24) is 10.3 Å². The number of nitrogens with one attached hydrogen (secondary N) is 1. The summed E-state index contributed by atoms with van der Waals surface area (Å²) in [6.07, 6.45) is 1.91. The van der Waals surface area contributed by atoms with Gasteiger partial charge in [0.05, 0.1) is 15.2 Å². The maximum atomic E-state index is 5.83. The molecule has 0 radical (unpaired) electrons. The van der Waals surface area contributed by atoms with E-state index < -0.39 is 0 Å². The van der Waals surface area contributed by atoms with Gasteiger partial charge in [-0.1, -0.05) is 12.1 Å². The van der Waals surface area contributed by atoms with Gasteiger partial charge < -0.3 is 11.1 Å². The molecule has 0 atom stereocenters. The number of rotatable bonds is 4. The first-order valence-electron chi connectivity index (χ1n) is 6.86. The number of nitrogens with zero attached hydrogens (tertiary/aromatic N) is 2. The summed E-state index contributed by atoms with van der Waals surface area (Å²) in [4.78, 5) is 8.95. The molecule has 6 heteroatoms. The normalized spacial score (nSPS) is 12.2. The van der Waals surface area contributed by atoms with E-state index in [1.807, 2.05) is 12.1 Å². The van der Waals surface area contributed by atoms with E-state index in [2.05, 4.69) is 48.2 Å². The molecule has 2 rings (SSSR count). The molecule has 0 saturated carbocycles. The number of hydrogen-bond donors (Lipinski definition) is 2. The van der Waals surface area contributed by atoms with Crippen LogP contribution < -0.4 is 11.1 Å². The number of fused-ring (bicyclic) bond motifs is 1. The van der Waals surface area contributed by atoms with E-state index in [0.717, 1.165) is 24.9 Å². The van der Waals surface area contributed by atoms with Gasteiger partial charge in [-0.05, 0) is 39.3 Å². The number of guanidine groups is 1. The van der Waals surface area contributed by atoms with Crippen molar-refractivity contribution in [3.05, 3.63) is 29.3 Å². The average Bonchev–Trinajstić information content (AvgIpc) is 2.75. The highest BCUT2D eigenvalue weighted by Gasteiger charge is 2.09. The molecule has 0 aliphatic rings. The van der Waals surface area contributed by atoms with Gasteiger partial charge in [0, 0.05) is 18.5 Å². The molecule has 0 aliphatic carbocycles. The zero-order chi connectivity index (χ0) is 14.6. The van der Waals surface area contributed by atoms with Crippen molar-refractivity contribution in [2.24, 2.45) is 10.7 Å². The lowest BCUT2D eigenvalue weighted by Gasteiger charge is -2.20. The highest BCUT2D eigenvalue weighted by Crippen LogP contribution is 2.22. The summed E-state index contributed by atoms with van der Waals surface area (Å²) in [5.41, 5.74) is 6.87. The predicted octanol–water partition coefficient (Wildman–Crippen LogP) is 3.55. The maximum absolute atomic E-state index is 5.83. The van der Waals surface area contributed by atoms with Crippen LogP contribution in [0, 0.1) is 0 Å². The minimum Gasteiger partial charge on any atom is -0.370 e. The lowest BCUT2D eigenvalue weighted by molar-refractivity contribution is 0.508. The lowest BCUT2D eigenvalue weighted by atomic mass is 10.1. The third-order valence-corrected chi connectivity index (χ3v) is 3.77. The number of aryl methyl sites for hydroxylation is 1. The second kappa shape index (κ2) is 7.93. The summed E-state index contributed by atoms with van der Waals surface area (Å²) in [5.74, 6) is 0.516. The van der Waals surface area contributed by atoms with Gasteiger partial charge in [-0.25, -0.2) is 4.98 Å². The number of nitrogens with two attached hydrogens (primary N) is 1. The minimum absolute atomic E-state index is 0. The van der Waals surface area contributed by atoms with Crippen molar-refractivity contribution in [1.29, 1.82) is 0 Å². The molecule has 0 amide bonds. The Kier molecular flexibility index (Phi) is 6.86. The number of halogens is 1. The van der Waals surface area contributed by atoms with Crippen LogP contribution in [0.4, 0.5) is 0 Å². The van der Waals surface area contributed by atoms with E-state index in [0.29, 0.717) is 5.96 Å². The first-order valence-corrected chi connectivity index (χ1v) is 7.68. The molecule has 0 spiro atoms. The van der Waals surface area contributed by atoms with Gasteiger partial charge in [-0.15, -0.1) is 35.3 Å². The molecule has 0 fully saturated rings. The molecule has 116 valence electrons. The van der Waals surface area contributed by atoms with Crippen LogP contribution in [0.25, 0.3) is 10.2 Å².